The lowest BCUT2D eigenvalue weighted by Crippen LogP contribution is -2.18. The molecule has 0 aliphatic rings. The van der Waals surface area contributed by atoms with Crippen LogP contribution in [0.2, 0.25) is 0 Å². The summed E-state index contributed by atoms with van der Waals surface area (Å²) in [7, 11) is 0. The fourth-order valence-corrected chi connectivity index (χ4v) is 2.57. The van der Waals surface area contributed by atoms with E-state index in [1.54, 1.807) is 25.5 Å². The Hall–Kier alpha value is -3.08. The Morgan fingerprint density at radius 2 is 1.91 bits per heavy atom. The predicted molar refractivity (Wildman–Crippen MR) is 89.2 cm³/mol. The fraction of sp³-hybridized carbons (Fsp3) is 0.111. The molecule has 0 amide bonds. The molecule has 116 valence electrons. The van der Waals surface area contributed by atoms with Crippen LogP contribution in [0.3, 0.4) is 0 Å². The maximum absolute atomic E-state index is 12.4. The number of esters is 1. The van der Waals surface area contributed by atoms with Crippen LogP contribution >= 0.6 is 0 Å². The number of aromatic nitrogens is 2. The second kappa shape index (κ2) is 6.36. The van der Waals surface area contributed by atoms with E-state index in [9.17, 15) is 4.79 Å². The van der Waals surface area contributed by atoms with Crippen LogP contribution in [0.4, 0.5) is 0 Å². The third kappa shape index (κ3) is 2.81. The van der Waals surface area contributed by atoms with Gasteiger partial charge in [-0.15, -0.1) is 0 Å². The highest BCUT2D eigenvalue weighted by Gasteiger charge is 2.24. The summed E-state index contributed by atoms with van der Waals surface area (Å²) in [6, 6.07) is 13.4. The van der Waals surface area contributed by atoms with Crippen molar-refractivity contribution in [1.29, 1.82) is 0 Å². The minimum absolute atomic E-state index is 0.292. The third-order valence-electron chi connectivity index (χ3n) is 3.54. The second-order valence-electron chi connectivity index (χ2n) is 5.00. The van der Waals surface area contributed by atoms with Crippen molar-refractivity contribution in [2.75, 3.05) is 12.4 Å². The van der Waals surface area contributed by atoms with Crippen LogP contribution in [-0.4, -0.2) is 22.2 Å². The number of hydrogen-bond acceptors (Lipinski definition) is 4. The molecule has 0 saturated carbocycles. The Bertz CT molecular complexity index is 811. The van der Waals surface area contributed by atoms with Crippen LogP contribution in [0, 0.1) is 0 Å². The first kappa shape index (κ1) is 14.8. The van der Waals surface area contributed by atoms with Crippen LogP contribution in [-0.2, 0) is 4.74 Å². The average Bonchev–Trinajstić information content (AvgIpc) is 2.94. The number of rotatable bonds is 4. The van der Waals surface area contributed by atoms with Crippen molar-refractivity contribution in [2.24, 2.45) is 0 Å². The van der Waals surface area contributed by atoms with Gasteiger partial charge in [-0.1, -0.05) is 36.4 Å². The standard InChI is InChI=1S/C18H17N3O2/c1-2-23-18(22)17-16(13-7-4-3-5-8-13)15(12-21(17)19)14-9-6-10-20-11-14/h3-12H,2,19H2,1H3. The van der Waals surface area contributed by atoms with Crippen molar-refractivity contribution in [3.05, 3.63) is 66.7 Å². The molecule has 2 N–H and O–H groups in total. The van der Waals surface area contributed by atoms with Gasteiger partial charge in [0.1, 0.15) is 0 Å². The smallest absolute Gasteiger partial charge is 0.357 e. The zero-order chi connectivity index (χ0) is 16.2. The number of pyridine rings is 1. The van der Waals surface area contributed by atoms with E-state index in [1.165, 1.54) is 4.68 Å². The molecule has 23 heavy (non-hydrogen) atoms. The van der Waals surface area contributed by atoms with Gasteiger partial charge in [-0.05, 0) is 18.6 Å². The normalized spacial score (nSPS) is 10.5. The van der Waals surface area contributed by atoms with Crippen LogP contribution in [0.5, 0.6) is 0 Å². The zero-order valence-corrected chi connectivity index (χ0v) is 12.8. The van der Waals surface area contributed by atoms with Crippen molar-refractivity contribution in [3.63, 3.8) is 0 Å². The predicted octanol–water partition coefficient (Wildman–Crippen LogP) is 3.11. The first-order valence-corrected chi connectivity index (χ1v) is 7.35. The molecule has 0 aliphatic carbocycles. The summed E-state index contributed by atoms with van der Waals surface area (Å²) in [6.07, 6.45) is 5.18. The molecular weight excluding hydrogens is 290 g/mol. The molecule has 0 saturated heterocycles. The summed E-state index contributed by atoms with van der Waals surface area (Å²) in [4.78, 5) is 16.5. The van der Waals surface area contributed by atoms with E-state index in [0.29, 0.717) is 12.3 Å². The molecule has 1 aromatic carbocycles. The lowest BCUT2D eigenvalue weighted by atomic mass is 9.97. The quantitative estimate of drug-likeness (QED) is 0.594. The number of carbonyl (C=O) groups is 1. The molecular formula is C18H17N3O2. The molecule has 3 aromatic rings. The van der Waals surface area contributed by atoms with E-state index in [1.807, 2.05) is 42.5 Å². The monoisotopic (exact) mass is 307 g/mol. The summed E-state index contributed by atoms with van der Waals surface area (Å²) in [6.45, 7) is 2.06. The second-order valence-corrected chi connectivity index (χ2v) is 5.00. The molecule has 5 heteroatoms. The number of carbonyl (C=O) groups excluding carboxylic acids is 1. The maximum atomic E-state index is 12.4. The Kier molecular flexibility index (Phi) is 4.10. The molecule has 0 radical (unpaired) electrons. The first-order chi connectivity index (χ1) is 11.2. The highest BCUT2D eigenvalue weighted by molar-refractivity contribution is 6.01. The van der Waals surface area contributed by atoms with Gasteiger partial charge in [0.05, 0.1) is 6.61 Å². The fourth-order valence-electron chi connectivity index (χ4n) is 2.57. The lowest BCUT2D eigenvalue weighted by molar-refractivity contribution is 0.0517. The lowest BCUT2D eigenvalue weighted by Gasteiger charge is -2.08. The van der Waals surface area contributed by atoms with E-state index < -0.39 is 5.97 Å². The largest absolute Gasteiger partial charge is 0.461 e. The minimum Gasteiger partial charge on any atom is -0.461 e. The molecule has 2 heterocycles. The SMILES string of the molecule is CCOC(=O)c1c(-c2ccccc2)c(-c2cccnc2)cn1N. The van der Waals surface area contributed by atoms with Gasteiger partial charge in [0.15, 0.2) is 5.69 Å². The molecule has 0 unspecified atom stereocenters. The molecule has 0 atom stereocenters. The Morgan fingerprint density at radius 1 is 1.17 bits per heavy atom. The van der Waals surface area contributed by atoms with Crippen molar-refractivity contribution < 1.29 is 9.53 Å². The third-order valence-corrected chi connectivity index (χ3v) is 3.54. The number of ether oxygens (including phenoxy) is 1. The van der Waals surface area contributed by atoms with Crippen LogP contribution < -0.4 is 5.84 Å². The summed E-state index contributed by atoms with van der Waals surface area (Å²) in [5, 5.41) is 0. The van der Waals surface area contributed by atoms with E-state index in [2.05, 4.69) is 4.98 Å². The van der Waals surface area contributed by atoms with Gasteiger partial charge in [-0.25, -0.2) is 4.79 Å². The van der Waals surface area contributed by atoms with E-state index in [4.69, 9.17) is 10.6 Å². The molecule has 0 aliphatic heterocycles. The number of benzene rings is 1. The average molecular weight is 307 g/mol. The van der Waals surface area contributed by atoms with Crippen molar-refractivity contribution in [2.45, 2.75) is 6.92 Å². The van der Waals surface area contributed by atoms with Crippen molar-refractivity contribution >= 4 is 5.97 Å². The Balaban J connectivity index is 2.25. The van der Waals surface area contributed by atoms with Crippen LogP contribution in [0.15, 0.2) is 61.1 Å². The number of nitrogen functional groups attached to an aromatic ring is 1. The molecule has 0 bridgehead atoms. The summed E-state index contributed by atoms with van der Waals surface area (Å²) >= 11 is 0. The number of hydrogen-bond donors (Lipinski definition) is 1. The highest BCUT2D eigenvalue weighted by atomic mass is 16.5. The molecule has 0 fully saturated rings. The van der Waals surface area contributed by atoms with E-state index in [0.717, 1.165) is 22.3 Å². The van der Waals surface area contributed by atoms with Gasteiger partial charge >= 0.3 is 5.97 Å². The number of nitrogens with zero attached hydrogens (tertiary/aromatic N) is 2. The maximum Gasteiger partial charge on any atom is 0.357 e. The van der Waals surface area contributed by atoms with Crippen molar-refractivity contribution in [3.8, 4) is 22.3 Å². The molecule has 3 rings (SSSR count). The van der Waals surface area contributed by atoms with Crippen LogP contribution in [0.25, 0.3) is 22.3 Å². The summed E-state index contributed by atoms with van der Waals surface area (Å²) < 4.78 is 6.49. The summed E-state index contributed by atoms with van der Waals surface area (Å²) in [5.41, 5.74) is 3.71. The van der Waals surface area contributed by atoms with Gasteiger partial charge in [0.2, 0.25) is 0 Å². The Labute approximate surface area is 134 Å². The highest BCUT2D eigenvalue weighted by Crippen LogP contribution is 2.35. The Morgan fingerprint density at radius 3 is 2.57 bits per heavy atom. The van der Waals surface area contributed by atoms with Crippen molar-refractivity contribution in [1.82, 2.24) is 9.66 Å². The zero-order valence-electron chi connectivity index (χ0n) is 12.8. The number of nitrogens with two attached hydrogens (primary N) is 1. The molecule has 5 nitrogen and oxygen atoms in total. The van der Waals surface area contributed by atoms with Gasteiger partial charge < -0.3 is 10.6 Å². The van der Waals surface area contributed by atoms with E-state index >= 15 is 0 Å². The minimum atomic E-state index is -0.441. The van der Waals surface area contributed by atoms with Gasteiger partial charge in [0, 0.05) is 35.3 Å². The molecule has 2 aromatic heterocycles. The topological polar surface area (TPSA) is 70.1 Å². The first-order valence-electron chi connectivity index (χ1n) is 7.35. The van der Waals surface area contributed by atoms with E-state index in [-0.39, 0.29) is 0 Å². The summed E-state index contributed by atoms with van der Waals surface area (Å²) in [5.74, 6) is 5.60. The molecule has 0 spiro atoms. The van der Waals surface area contributed by atoms with Gasteiger partial charge in [0.25, 0.3) is 0 Å². The van der Waals surface area contributed by atoms with Gasteiger partial charge in [-0.2, -0.15) is 0 Å². The van der Waals surface area contributed by atoms with Gasteiger partial charge in [-0.3, -0.25) is 9.66 Å². The van der Waals surface area contributed by atoms with Crippen LogP contribution in [0.1, 0.15) is 17.4 Å².